The molecule has 1 unspecified atom stereocenters. The second kappa shape index (κ2) is 5.90. The highest BCUT2D eigenvalue weighted by Gasteiger charge is 2.46. The van der Waals surface area contributed by atoms with E-state index in [0.29, 0.717) is 12.1 Å². The molecule has 1 aliphatic carbocycles. The number of fused-ring (bicyclic) bond motifs is 1. The molecule has 1 aliphatic heterocycles. The SMILES string of the molecule is O=C(c1ccccc1)N1CCCC2(CCc3ccccc3C2=O)C1. The summed E-state index contributed by atoms with van der Waals surface area (Å²) in [6, 6.07) is 17.3. The van der Waals surface area contributed by atoms with Gasteiger partial charge in [0.25, 0.3) is 5.91 Å². The van der Waals surface area contributed by atoms with Gasteiger partial charge in [0, 0.05) is 24.2 Å². The van der Waals surface area contributed by atoms with Crippen LogP contribution < -0.4 is 0 Å². The number of rotatable bonds is 1. The number of likely N-dealkylation sites (tertiary alicyclic amines) is 1. The highest BCUT2D eigenvalue weighted by Crippen LogP contribution is 2.42. The Kier molecular flexibility index (Phi) is 3.72. The van der Waals surface area contributed by atoms with Gasteiger partial charge in [-0.3, -0.25) is 9.59 Å². The molecule has 0 aromatic heterocycles. The van der Waals surface area contributed by atoms with Gasteiger partial charge in [-0.15, -0.1) is 0 Å². The maximum absolute atomic E-state index is 13.2. The molecule has 1 amide bonds. The summed E-state index contributed by atoms with van der Waals surface area (Å²) in [4.78, 5) is 27.8. The normalized spacial score (nSPS) is 23.2. The van der Waals surface area contributed by atoms with E-state index in [1.54, 1.807) is 0 Å². The first-order valence-electron chi connectivity index (χ1n) is 8.67. The van der Waals surface area contributed by atoms with Crippen LogP contribution >= 0.6 is 0 Å². The van der Waals surface area contributed by atoms with Gasteiger partial charge in [-0.25, -0.2) is 0 Å². The number of Topliss-reactive ketones (excluding diaryl/α,β-unsaturated/α-hetero) is 1. The Morgan fingerprint density at radius 3 is 2.54 bits per heavy atom. The van der Waals surface area contributed by atoms with Crippen molar-refractivity contribution in [3.05, 3.63) is 71.3 Å². The molecule has 0 saturated carbocycles. The Hall–Kier alpha value is -2.42. The van der Waals surface area contributed by atoms with Gasteiger partial charge in [-0.05, 0) is 43.4 Å². The second-order valence-electron chi connectivity index (χ2n) is 6.96. The third kappa shape index (κ3) is 2.44. The summed E-state index contributed by atoms with van der Waals surface area (Å²) in [6.07, 6.45) is 3.56. The van der Waals surface area contributed by atoms with Crippen LogP contribution in [0.15, 0.2) is 54.6 Å². The van der Waals surface area contributed by atoms with E-state index < -0.39 is 5.41 Å². The molecule has 0 bridgehead atoms. The average Bonchev–Trinajstić information content (AvgIpc) is 2.65. The van der Waals surface area contributed by atoms with Gasteiger partial charge in [0.05, 0.1) is 5.41 Å². The maximum Gasteiger partial charge on any atom is 0.253 e. The largest absolute Gasteiger partial charge is 0.338 e. The van der Waals surface area contributed by atoms with Gasteiger partial charge in [0.15, 0.2) is 5.78 Å². The minimum absolute atomic E-state index is 0.0429. The first-order valence-corrected chi connectivity index (χ1v) is 8.67. The van der Waals surface area contributed by atoms with E-state index in [1.807, 2.05) is 53.4 Å². The van der Waals surface area contributed by atoms with Crippen molar-refractivity contribution in [1.82, 2.24) is 4.90 Å². The second-order valence-corrected chi connectivity index (χ2v) is 6.96. The van der Waals surface area contributed by atoms with Gasteiger partial charge >= 0.3 is 0 Å². The molecule has 122 valence electrons. The van der Waals surface area contributed by atoms with Crippen molar-refractivity contribution < 1.29 is 9.59 Å². The molecule has 1 saturated heterocycles. The van der Waals surface area contributed by atoms with Crippen molar-refractivity contribution in [3.63, 3.8) is 0 Å². The number of aryl methyl sites for hydroxylation is 1. The maximum atomic E-state index is 13.2. The van der Waals surface area contributed by atoms with Crippen LogP contribution in [0.5, 0.6) is 0 Å². The molecule has 1 spiro atoms. The molecular formula is C21H21NO2. The Bertz CT molecular complexity index is 783. The quantitative estimate of drug-likeness (QED) is 0.803. The molecule has 24 heavy (non-hydrogen) atoms. The van der Waals surface area contributed by atoms with Crippen molar-refractivity contribution in [2.45, 2.75) is 25.7 Å². The fourth-order valence-electron chi connectivity index (χ4n) is 4.19. The standard InChI is InChI=1S/C21H21NO2/c23-19-18-10-5-4-7-16(18)11-13-21(19)12-6-14-22(15-21)20(24)17-8-2-1-3-9-17/h1-5,7-10H,6,11-15H2. The highest BCUT2D eigenvalue weighted by molar-refractivity contribution is 6.03. The number of piperidine rings is 1. The Balaban J connectivity index is 1.61. The van der Waals surface area contributed by atoms with E-state index in [-0.39, 0.29) is 11.7 Å². The summed E-state index contributed by atoms with van der Waals surface area (Å²) in [5, 5.41) is 0. The Morgan fingerprint density at radius 2 is 1.71 bits per heavy atom. The van der Waals surface area contributed by atoms with E-state index in [2.05, 4.69) is 6.07 Å². The molecule has 0 N–H and O–H groups in total. The van der Waals surface area contributed by atoms with Crippen LogP contribution in [0.25, 0.3) is 0 Å². The van der Waals surface area contributed by atoms with Crippen molar-refractivity contribution >= 4 is 11.7 Å². The summed E-state index contributed by atoms with van der Waals surface area (Å²) in [5.41, 5.74) is 2.33. The van der Waals surface area contributed by atoms with E-state index in [0.717, 1.165) is 43.4 Å². The van der Waals surface area contributed by atoms with Crippen molar-refractivity contribution in [2.75, 3.05) is 13.1 Å². The third-order valence-electron chi connectivity index (χ3n) is 5.50. The van der Waals surface area contributed by atoms with Crippen LogP contribution in [0.3, 0.4) is 0 Å². The molecule has 1 fully saturated rings. The van der Waals surface area contributed by atoms with E-state index in [1.165, 1.54) is 0 Å². The fourth-order valence-corrected chi connectivity index (χ4v) is 4.19. The number of amides is 1. The van der Waals surface area contributed by atoms with Gasteiger partial charge in [-0.1, -0.05) is 42.5 Å². The molecule has 0 radical (unpaired) electrons. The smallest absolute Gasteiger partial charge is 0.253 e. The lowest BCUT2D eigenvalue weighted by atomic mass is 9.66. The van der Waals surface area contributed by atoms with Crippen molar-refractivity contribution in [2.24, 2.45) is 5.41 Å². The molecule has 3 heteroatoms. The summed E-state index contributed by atoms with van der Waals surface area (Å²) in [7, 11) is 0. The zero-order chi connectivity index (χ0) is 16.6. The minimum Gasteiger partial charge on any atom is -0.338 e. The topological polar surface area (TPSA) is 37.4 Å². The first kappa shape index (κ1) is 15.1. The predicted molar refractivity (Wildman–Crippen MR) is 93.1 cm³/mol. The van der Waals surface area contributed by atoms with Crippen molar-refractivity contribution in [1.29, 1.82) is 0 Å². The predicted octanol–water partition coefficient (Wildman–Crippen LogP) is 3.74. The molecule has 1 heterocycles. The molecule has 2 aromatic carbocycles. The Morgan fingerprint density at radius 1 is 0.958 bits per heavy atom. The van der Waals surface area contributed by atoms with Crippen LogP contribution in [-0.2, 0) is 6.42 Å². The molecule has 2 aliphatic rings. The highest BCUT2D eigenvalue weighted by atomic mass is 16.2. The van der Waals surface area contributed by atoms with Crippen LogP contribution in [0.1, 0.15) is 45.5 Å². The van der Waals surface area contributed by atoms with E-state index in [4.69, 9.17) is 0 Å². The van der Waals surface area contributed by atoms with Gasteiger partial charge in [0.1, 0.15) is 0 Å². The van der Waals surface area contributed by atoms with E-state index in [9.17, 15) is 9.59 Å². The lowest BCUT2D eigenvalue weighted by molar-refractivity contribution is 0.0412. The van der Waals surface area contributed by atoms with Crippen LogP contribution in [0.4, 0.5) is 0 Å². The summed E-state index contributed by atoms with van der Waals surface area (Å²) >= 11 is 0. The van der Waals surface area contributed by atoms with Gasteiger partial charge in [0.2, 0.25) is 0 Å². The zero-order valence-electron chi connectivity index (χ0n) is 13.7. The number of hydrogen-bond acceptors (Lipinski definition) is 2. The fraction of sp³-hybridized carbons (Fsp3) is 0.333. The van der Waals surface area contributed by atoms with Gasteiger partial charge < -0.3 is 4.90 Å². The molecular weight excluding hydrogens is 298 g/mol. The molecule has 1 atom stereocenters. The monoisotopic (exact) mass is 319 g/mol. The summed E-state index contributed by atoms with van der Waals surface area (Å²) < 4.78 is 0. The number of benzene rings is 2. The van der Waals surface area contributed by atoms with Crippen LogP contribution in [0, 0.1) is 5.41 Å². The minimum atomic E-state index is -0.392. The number of nitrogens with zero attached hydrogens (tertiary/aromatic N) is 1. The average molecular weight is 319 g/mol. The lowest BCUT2D eigenvalue weighted by Gasteiger charge is -2.44. The number of carbonyl (C=O) groups is 2. The van der Waals surface area contributed by atoms with Crippen LogP contribution in [0.2, 0.25) is 0 Å². The molecule has 2 aromatic rings. The molecule has 3 nitrogen and oxygen atoms in total. The van der Waals surface area contributed by atoms with Crippen molar-refractivity contribution in [3.8, 4) is 0 Å². The zero-order valence-corrected chi connectivity index (χ0v) is 13.7. The van der Waals surface area contributed by atoms with Crippen LogP contribution in [-0.4, -0.2) is 29.7 Å². The number of ketones is 1. The van der Waals surface area contributed by atoms with E-state index >= 15 is 0 Å². The molecule has 4 rings (SSSR count). The number of hydrogen-bond donors (Lipinski definition) is 0. The summed E-state index contributed by atoms with van der Waals surface area (Å²) in [5.74, 6) is 0.274. The lowest BCUT2D eigenvalue weighted by Crippen LogP contribution is -2.51. The van der Waals surface area contributed by atoms with Gasteiger partial charge in [-0.2, -0.15) is 0 Å². The Labute approximate surface area is 142 Å². The third-order valence-corrected chi connectivity index (χ3v) is 5.50. The summed E-state index contributed by atoms with van der Waals surface area (Å²) in [6.45, 7) is 1.29. The number of carbonyl (C=O) groups excluding carboxylic acids is 2. The first-order chi connectivity index (χ1) is 11.7.